The van der Waals surface area contributed by atoms with Gasteiger partial charge in [-0.2, -0.15) is 0 Å². The van der Waals surface area contributed by atoms with Gasteiger partial charge in [0, 0.05) is 44.8 Å². The first-order valence-corrected chi connectivity index (χ1v) is 9.28. The number of morpholine rings is 1. The maximum absolute atomic E-state index is 12.3. The molecular formula is C20H26N4O2. The molecule has 1 spiro atoms. The predicted molar refractivity (Wildman–Crippen MR) is 98.3 cm³/mol. The van der Waals surface area contributed by atoms with Gasteiger partial charge in [-0.25, -0.2) is 0 Å². The Morgan fingerprint density at radius 1 is 1.15 bits per heavy atom. The highest BCUT2D eigenvalue weighted by atomic mass is 16.5. The fraction of sp³-hybridized carbons (Fsp3) is 0.500. The van der Waals surface area contributed by atoms with Gasteiger partial charge in [-0.1, -0.05) is 6.07 Å². The number of rotatable bonds is 4. The summed E-state index contributed by atoms with van der Waals surface area (Å²) in [5.41, 5.74) is 2.06. The minimum atomic E-state index is -0.201. The molecule has 2 saturated heterocycles. The molecule has 0 bridgehead atoms. The van der Waals surface area contributed by atoms with Crippen molar-refractivity contribution in [3.05, 3.63) is 54.1 Å². The third kappa shape index (κ3) is 3.66. The first-order chi connectivity index (χ1) is 12.6. The van der Waals surface area contributed by atoms with Gasteiger partial charge < -0.3 is 14.2 Å². The second kappa shape index (κ2) is 7.21. The third-order valence-corrected chi connectivity index (χ3v) is 5.62. The monoisotopic (exact) mass is 354 g/mol. The summed E-state index contributed by atoms with van der Waals surface area (Å²) in [4.78, 5) is 21.0. The number of pyridine rings is 1. The van der Waals surface area contributed by atoms with Crippen LogP contribution in [0.5, 0.6) is 0 Å². The molecule has 6 nitrogen and oxygen atoms in total. The molecule has 0 unspecified atom stereocenters. The summed E-state index contributed by atoms with van der Waals surface area (Å²) in [6.45, 7) is 4.38. The van der Waals surface area contributed by atoms with Crippen LogP contribution in [0.25, 0.3) is 0 Å². The van der Waals surface area contributed by atoms with Crippen LogP contribution in [0, 0.1) is 0 Å². The number of aromatic nitrogens is 2. The zero-order valence-electron chi connectivity index (χ0n) is 15.3. The van der Waals surface area contributed by atoms with Crippen molar-refractivity contribution in [3.63, 3.8) is 0 Å². The summed E-state index contributed by atoms with van der Waals surface area (Å²) in [6, 6.07) is 10.1. The van der Waals surface area contributed by atoms with Crippen LogP contribution >= 0.6 is 0 Å². The van der Waals surface area contributed by atoms with Gasteiger partial charge >= 0.3 is 0 Å². The van der Waals surface area contributed by atoms with Crippen LogP contribution in [-0.2, 0) is 29.7 Å². The Kier molecular flexibility index (Phi) is 4.78. The molecule has 0 radical (unpaired) electrons. The van der Waals surface area contributed by atoms with E-state index in [2.05, 4.69) is 39.8 Å². The lowest BCUT2D eigenvalue weighted by Gasteiger charge is -2.47. The number of hydrogen-bond donors (Lipinski definition) is 0. The Hall–Kier alpha value is -2.18. The van der Waals surface area contributed by atoms with Crippen LogP contribution in [0.1, 0.15) is 24.2 Å². The summed E-state index contributed by atoms with van der Waals surface area (Å²) >= 11 is 0. The van der Waals surface area contributed by atoms with Crippen molar-refractivity contribution in [3.8, 4) is 0 Å². The second-order valence-electron chi connectivity index (χ2n) is 7.43. The van der Waals surface area contributed by atoms with Crippen molar-refractivity contribution in [2.45, 2.75) is 31.5 Å². The van der Waals surface area contributed by atoms with E-state index in [0.717, 1.165) is 38.2 Å². The summed E-state index contributed by atoms with van der Waals surface area (Å²) in [7, 11) is 2.09. The van der Waals surface area contributed by atoms with Gasteiger partial charge in [0.15, 0.2) is 0 Å². The van der Waals surface area contributed by atoms with Crippen molar-refractivity contribution >= 4 is 5.91 Å². The maximum atomic E-state index is 12.3. The SMILES string of the molecule is Cn1cccc1CN1CCC2(CC1)CN(Cc1ccccn1)C(=O)CO2. The van der Waals surface area contributed by atoms with E-state index < -0.39 is 0 Å². The Morgan fingerprint density at radius 3 is 2.69 bits per heavy atom. The number of piperidine rings is 1. The number of hydrogen-bond acceptors (Lipinski definition) is 4. The molecule has 2 aromatic rings. The lowest BCUT2D eigenvalue weighted by Crippen LogP contribution is -2.58. The van der Waals surface area contributed by atoms with Gasteiger partial charge in [0.1, 0.15) is 6.61 Å². The standard InChI is InChI=1S/C20H26N4O2/c1-22-10-4-6-18(22)14-23-11-7-20(8-12-23)16-24(19(25)15-26-20)13-17-5-2-3-9-21-17/h2-6,9-10H,7-8,11-16H2,1H3. The Balaban J connectivity index is 1.37. The number of ether oxygens (including phenoxy) is 1. The highest BCUT2D eigenvalue weighted by Gasteiger charge is 2.42. The zero-order valence-corrected chi connectivity index (χ0v) is 15.3. The van der Waals surface area contributed by atoms with Gasteiger partial charge in [-0.3, -0.25) is 14.7 Å². The van der Waals surface area contributed by atoms with E-state index in [1.165, 1.54) is 5.69 Å². The van der Waals surface area contributed by atoms with Crippen LogP contribution in [-0.4, -0.2) is 57.1 Å². The number of likely N-dealkylation sites (tertiary alicyclic amines) is 1. The number of amides is 1. The van der Waals surface area contributed by atoms with E-state index >= 15 is 0 Å². The molecule has 0 aliphatic carbocycles. The molecule has 2 aliphatic rings. The Bertz CT molecular complexity index is 750. The molecule has 0 atom stereocenters. The molecule has 2 fully saturated rings. The number of nitrogens with zero attached hydrogens (tertiary/aromatic N) is 4. The molecule has 26 heavy (non-hydrogen) atoms. The highest BCUT2D eigenvalue weighted by molar-refractivity contribution is 5.78. The normalized spacial score (nSPS) is 20.7. The molecule has 0 saturated carbocycles. The van der Waals surface area contributed by atoms with E-state index in [-0.39, 0.29) is 18.1 Å². The largest absolute Gasteiger partial charge is 0.363 e. The van der Waals surface area contributed by atoms with E-state index in [4.69, 9.17) is 4.74 Å². The first-order valence-electron chi connectivity index (χ1n) is 9.28. The summed E-state index contributed by atoms with van der Waals surface area (Å²) in [5.74, 6) is 0.0625. The molecule has 0 aromatic carbocycles. The van der Waals surface area contributed by atoms with E-state index in [1.807, 2.05) is 23.1 Å². The second-order valence-corrected chi connectivity index (χ2v) is 7.43. The molecule has 2 aromatic heterocycles. The van der Waals surface area contributed by atoms with Crippen molar-refractivity contribution < 1.29 is 9.53 Å². The smallest absolute Gasteiger partial charge is 0.249 e. The minimum absolute atomic E-state index is 0.0625. The van der Waals surface area contributed by atoms with Crippen LogP contribution in [0.3, 0.4) is 0 Å². The first kappa shape index (κ1) is 17.2. The van der Waals surface area contributed by atoms with Crippen LogP contribution in [0.4, 0.5) is 0 Å². The van der Waals surface area contributed by atoms with Crippen LogP contribution in [0.2, 0.25) is 0 Å². The molecular weight excluding hydrogens is 328 g/mol. The molecule has 4 rings (SSSR count). The fourth-order valence-corrected chi connectivity index (χ4v) is 3.93. The average Bonchev–Trinajstić information content (AvgIpc) is 3.06. The van der Waals surface area contributed by atoms with Crippen molar-refractivity contribution in [1.82, 2.24) is 19.4 Å². The van der Waals surface area contributed by atoms with Crippen molar-refractivity contribution in [2.24, 2.45) is 7.05 Å². The lowest BCUT2D eigenvalue weighted by atomic mass is 9.89. The van der Waals surface area contributed by atoms with Crippen LogP contribution < -0.4 is 0 Å². The summed E-state index contributed by atoms with van der Waals surface area (Å²) in [5, 5.41) is 0. The minimum Gasteiger partial charge on any atom is -0.363 e. The fourth-order valence-electron chi connectivity index (χ4n) is 3.93. The van der Waals surface area contributed by atoms with Crippen molar-refractivity contribution in [1.29, 1.82) is 0 Å². The van der Waals surface area contributed by atoms with Crippen LogP contribution in [0.15, 0.2) is 42.7 Å². The van der Waals surface area contributed by atoms with Gasteiger partial charge in [0.05, 0.1) is 24.4 Å². The topological polar surface area (TPSA) is 50.6 Å². The maximum Gasteiger partial charge on any atom is 0.249 e. The van der Waals surface area contributed by atoms with Gasteiger partial charge in [0.2, 0.25) is 5.91 Å². The third-order valence-electron chi connectivity index (χ3n) is 5.62. The number of aryl methyl sites for hydroxylation is 1. The van der Waals surface area contributed by atoms with Crippen molar-refractivity contribution in [2.75, 3.05) is 26.2 Å². The lowest BCUT2D eigenvalue weighted by molar-refractivity contribution is -0.173. The Morgan fingerprint density at radius 2 is 2.00 bits per heavy atom. The predicted octanol–water partition coefficient (Wildman–Crippen LogP) is 1.81. The van der Waals surface area contributed by atoms with Gasteiger partial charge in [-0.15, -0.1) is 0 Å². The van der Waals surface area contributed by atoms with E-state index in [1.54, 1.807) is 6.20 Å². The highest BCUT2D eigenvalue weighted by Crippen LogP contribution is 2.31. The van der Waals surface area contributed by atoms with Gasteiger partial charge in [-0.05, 0) is 37.1 Å². The average molecular weight is 354 g/mol. The molecule has 0 N–H and O–H groups in total. The molecule has 138 valence electrons. The zero-order chi connectivity index (χ0) is 18.0. The molecule has 6 heteroatoms. The number of carbonyl (C=O) groups is 1. The molecule has 4 heterocycles. The summed E-state index contributed by atoms with van der Waals surface area (Å²) < 4.78 is 8.23. The van der Waals surface area contributed by atoms with Gasteiger partial charge in [0.25, 0.3) is 0 Å². The quantitative estimate of drug-likeness (QED) is 0.840. The summed E-state index contributed by atoms with van der Waals surface area (Å²) in [6.07, 6.45) is 5.79. The van der Waals surface area contributed by atoms with E-state index in [9.17, 15) is 4.79 Å². The van der Waals surface area contributed by atoms with E-state index in [0.29, 0.717) is 13.1 Å². The molecule has 2 aliphatic heterocycles. The number of carbonyl (C=O) groups excluding carboxylic acids is 1. The Labute approximate surface area is 154 Å². The molecule has 1 amide bonds.